The van der Waals surface area contributed by atoms with E-state index in [9.17, 15) is 0 Å². The third-order valence-electron chi connectivity index (χ3n) is 0.871. The van der Waals surface area contributed by atoms with Crippen molar-refractivity contribution in [2.75, 3.05) is 11.5 Å². The second kappa shape index (κ2) is 2.88. The van der Waals surface area contributed by atoms with Crippen LogP contribution in [0.3, 0.4) is 0 Å². The molecule has 0 aliphatic carbocycles. The van der Waals surface area contributed by atoms with Crippen LogP contribution in [0.2, 0.25) is 0 Å². The first-order valence-corrected chi connectivity index (χ1v) is 2.26. The van der Waals surface area contributed by atoms with Crippen LogP contribution < -0.4 is 17.6 Å². The molecule has 0 unspecified atom stereocenters. The minimum atomic E-state index is 0. The number of nitrogen functional groups attached to an aromatic ring is 2. The van der Waals surface area contributed by atoms with E-state index < -0.39 is 0 Å². The van der Waals surface area contributed by atoms with Crippen molar-refractivity contribution in [3.05, 3.63) is 18.3 Å². The van der Waals surface area contributed by atoms with E-state index >= 15 is 0 Å². The molecule has 0 atom stereocenters. The maximum absolute atomic E-state index is 5.33. The molecule has 0 radical (unpaired) electrons. The second-order valence-corrected chi connectivity index (χ2v) is 1.48. The van der Waals surface area contributed by atoms with Gasteiger partial charge in [-0.2, -0.15) is 0 Å². The molecule has 50 valence electrons. The molecule has 0 aromatic carbocycles. The molecule has 7 N–H and O–H groups in total. The van der Waals surface area contributed by atoms with Crippen molar-refractivity contribution in [3.8, 4) is 0 Å². The highest BCUT2D eigenvalue weighted by molar-refractivity contribution is 5.56. The minimum absolute atomic E-state index is 0. The van der Waals surface area contributed by atoms with Gasteiger partial charge in [0.25, 0.3) is 0 Å². The molecule has 1 aromatic heterocycles. The zero-order chi connectivity index (χ0) is 5.98. The Labute approximate surface area is 53.5 Å². The predicted molar refractivity (Wildman–Crippen MR) is 38.1 cm³/mol. The summed E-state index contributed by atoms with van der Waals surface area (Å²) < 4.78 is 0. The van der Waals surface area contributed by atoms with E-state index in [2.05, 4.69) is 4.98 Å². The monoisotopic (exact) mass is 126 g/mol. The second-order valence-electron chi connectivity index (χ2n) is 1.48. The molecule has 0 fully saturated rings. The van der Waals surface area contributed by atoms with Crippen LogP contribution in [0.4, 0.5) is 11.5 Å². The van der Waals surface area contributed by atoms with Crippen LogP contribution in [0.5, 0.6) is 0 Å². The number of hydrogen-bond donors (Lipinski definition) is 3. The van der Waals surface area contributed by atoms with Gasteiger partial charge in [0.2, 0.25) is 0 Å². The normalized spacial score (nSPS) is 8.00. The van der Waals surface area contributed by atoms with Crippen LogP contribution in [0.15, 0.2) is 18.3 Å². The Morgan fingerprint density at radius 3 is 2.33 bits per heavy atom. The van der Waals surface area contributed by atoms with E-state index in [1.165, 1.54) is 0 Å². The van der Waals surface area contributed by atoms with Gasteiger partial charge in [-0.05, 0) is 12.1 Å². The quantitative estimate of drug-likeness (QED) is 0.468. The Morgan fingerprint density at radius 2 is 2.00 bits per heavy atom. The fourth-order valence-electron chi connectivity index (χ4n) is 0.430. The molecule has 0 aliphatic rings. The van der Waals surface area contributed by atoms with E-state index in [1.807, 2.05) is 0 Å². The maximum Gasteiger partial charge on any atom is 0.146 e. The summed E-state index contributed by atoms with van der Waals surface area (Å²) in [6.07, 6.45) is 1.60. The van der Waals surface area contributed by atoms with Gasteiger partial charge in [0.15, 0.2) is 0 Å². The lowest BCUT2D eigenvalue weighted by Crippen LogP contribution is -1.95. The van der Waals surface area contributed by atoms with Crippen molar-refractivity contribution in [1.29, 1.82) is 0 Å². The zero-order valence-corrected chi connectivity index (χ0v) is 5.04. The Morgan fingerprint density at radius 1 is 1.33 bits per heavy atom. The Kier molecular flexibility index (Phi) is 2.47. The van der Waals surface area contributed by atoms with Gasteiger partial charge >= 0.3 is 0 Å². The number of nitrogens with zero attached hydrogens (tertiary/aromatic N) is 1. The fraction of sp³-hybridized carbons (Fsp3) is 0. The predicted octanol–water partition coefficient (Wildman–Crippen LogP) is 0.408. The summed E-state index contributed by atoms with van der Waals surface area (Å²) in [7, 11) is 0. The Bertz CT molecular complexity index is 165. The van der Waals surface area contributed by atoms with E-state index in [-0.39, 0.29) is 6.15 Å². The first kappa shape index (κ1) is 7.71. The molecule has 4 heteroatoms. The summed E-state index contributed by atoms with van der Waals surface area (Å²) in [6, 6.07) is 3.45. The number of aromatic nitrogens is 1. The molecule has 1 aromatic rings. The molecule has 0 spiro atoms. The molecule has 0 saturated carbocycles. The summed E-state index contributed by atoms with van der Waals surface area (Å²) in [5, 5.41) is 0. The van der Waals surface area contributed by atoms with Gasteiger partial charge in [-0.1, -0.05) is 0 Å². The number of pyridine rings is 1. The summed E-state index contributed by atoms with van der Waals surface area (Å²) in [4.78, 5) is 3.73. The molecule has 9 heavy (non-hydrogen) atoms. The average Bonchev–Trinajstić information content (AvgIpc) is 1.77. The van der Waals surface area contributed by atoms with Gasteiger partial charge in [-0.25, -0.2) is 4.98 Å². The molecule has 0 aliphatic heterocycles. The van der Waals surface area contributed by atoms with Gasteiger partial charge in [0.05, 0.1) is 5.69 Å². The number of anilines is 2. The van der Waals surface area contributed by atoms with Crippen molar-refractivity contribution in [2.45, 2.75) is 0 Å². The molecular formula is C5H10N4. The van der Waals surface area contributed by atoms with Gasteiger partial charge in [-0.15, -0.1) is 0 Å². The van der Waals surface area contributed by atoms with Crippen LogP contribution in [0.1, 0.15) is 0 Å². The van der Waals surface area contributed by atoms with Crippen LogP contribution in [-0.4, -0.2) is 4.98 Å². The lowest BCUT2D eigenvalue weighted by Gasteiger charge is -1.92. The van der Waals surface area contributed by atoms with E-state index in [0.29, 0.717) is 11.5 Å². The smallest absolute Gasteiger partial charge is 0.146 e. The van der Waals surface area contributed by atoms with E-state index in [0.717, 1.165) is 0 Å². The summed E-state index contributed by atoms with van der Waals surface area (Å²) >= 11 is 0. The summed E-state index contributed by atoms with van der Waals surface area (Å²) in [5.74, 6) is 0.396. The molecule has 1 heterocycles. The number of nitrogens with two attached hydrogens (primary N) is 2. The van der Waals surface area contributed by atoms with Crippen LogP contribution >= 0.6 is 0 Å². The first-order chi connectivity index (χ1) is 3.80. The molecule has 4 nitrogen and oxygen atoms in total. The Hall–Kier alpha value is -1.29. The number of rotatable bonds is 0. The topological polar surface area (TPSA) is 99.9 Å². The molecule has 0 bridgehead atoms. The van der Waals surface area contributed by atoms with Crippen molar-refractivity contribution in [3.63, 3.8) is 0 Å². The zero-order valence-electron chi connectivity index (χ0n) is 5.04. The SMILES string of the molecule is N.Nc1cccnc1N. The van der Waals surface area contributed by atoms with Crippen molar-refractivity contribution < 1.29 is 0 Å². The van der Waals surface area contributed by atoms with Crippen molar-refractivity contribution in [2.24, 2.45) is 0 Å². The van der Waals surface area contributed by atoms with Crippen molar-refractivity contribution in [1.82, 2.24) is 11.1 Å². The first-order valence-electron chi connectivity index (χ1n) is 2.26. The van der Waals surface area contributed by atoms with Gasteiger partial charge in [-0.3, -0.25) is 0 Å². The van der Waals surface area contributed by atoms with Crippen LogP contribution in [-0.2, 0) is 0 Å². The summed E-state index contributed by atoms with van der Waals surface area (Å²) in [6.45, 7) is 0. The van der Waals surface area contributed by atoms with Gasteiger partial charge < -0.3 is 17.6 Å². The van der Waals surface area contributed by atoms with E-state index in [4.69, 9.17) is 11.5 Å². The highest BCUT2D eigenvalue weighted by atomic mass is 14.9. The lowest BCUT2D eigenvalue weighted by atomic mass is 10.4. The fourth-order valence-corrected chi connectivity index (χ4v) is 0.430. The van der Waals surface area contributed by atoms with Crippen LogP contribution in [0, 0.1) is 0 Å². The van der Waals surface area contributed by atoms with Crippen LogP contribution in [0.25, 0.3) is 0 Å². The molecule has 1 rings (SSSR count). The van der Waals surface area contributed by atoms with Crippen molar-refractivity contribution >= 4 is 11.5 Å². The lowest BCUT2D eigenvalue weighted by molar-refractivity contribution is 1.34. The largest absolute Gasteiger partial charge is 0.396 e. The maximum atomic E-state index is 5.33. The average molecular weight is 126 g/mol. The van der Waals surface area contributed by atoms with Gasteiger partial charge in [0, 0.05) is 6.20 Å². The minimum Gasteiger partial charge on any atom is -0.396 e. The highest BCUT2D eigenvalue weighted by Crippen LogP contribution is 2.06. The molecule has 0 saturated heterocycles. The highest BCUT2D eigenvalue weighted by Gasteiger charge is 1.87. The third kappa shape index (κ3) is 1.58. The Balaban J connectivity index is 0.000000640. The van der Waals surface area contributed by atoms with Gasteiger partial charge in [0.1, 0.15) is 5.82 Å². The molecule has 0 amide bonds. The summed E-state index contributed by atoms with van der Waals surface area (Å²) in [5.41, 5.74) is 11.2. The third-order valence-corrected chi connectivity index (χ3v) is 0.871. The van der Waals surface area contributed by atoms with E-state index in [1.54, 1.807) is 18.3 Å². The number of hydrogen-bond acceptors (Lipinski definition) is 4. The standard InChI is InChI=1S/C5H7N3.H3N/c6-4-2-1-3-8-5(4)7;/h1-3H,6H2,(H2,7,8);1H3. The molecular weight excluding hydrogens is 116 g/mol.